The fraction of sp³-hybridized carbons (Fsp3) is 0.375. The summed E-state index contributed by atoms with van der Waals surface area (Å²) in [5, 5.41) is 2.57. The van der Waals surface area contributed by atoms with Crippen molar-refractivity contribution in [2.24, 2.45) is 5.92 Å². The second-order valence-corrected chi connectivity index (χ2v) is 9.82. The lowest BCUT2D eigenvalue weighted by molar-refractivity contribution is -0.156. The quantitative estimate of drug-likeness (QED) is 0.193. The summed E-state index contributed by atoms with van der Waals surface area (Å²) >= 11 is 0. The van der Waals surface area contributed by atoms with E-state index in [2.05, 4.69) is 10.3 Å². The molecule has 2 aromatic carbocycles. The van der Waals surface area contributed by atoms with Crippen LogP contribution in [0.15, 0.2) is 66.9 Å². The molecule has 11 heteroatoms. The number of rotatable bonds is 15. The van der Waals surface area contributed by atoms with Gasteiger partial charge in [0.15, 0.2) is 17.2 Å². The summed E-state index contributed by atoms with van der Waals surface area (Å²) in [5.74, 6) is -1.66. The first-order valence-corrected chi connectivity index (χ1v) is 13.9. The zero-order valence-electron chi connectivity index (χ0n) is 24.9. The van der Waals surface area contributed by atoms with Crippen molar-refractivity contribution in [2.45, 2.75) is 58.8 Å². The molecule has 3 rings (SSSR count). The summed E-state index contributed by atoms with van der Waals surface area (Å²) in [6.45, 7) is 5.97. The molecule has 0 spiro atoms. The van der Waals surface area contributed by atoms with E-state index in [1.165, 1.54) is 45.4 Å². The summed E-state index contributed by atoms with van der Waals surface area (Å²) in [6, 6.07) is 15.9. The number of halogens is 1. The van der Waals surface area contributed by atoms with Gasteiger partial charge in [0.2, 0.25) is 6.79 Å². The molecular weight excluding hydrogens is 559 g/mol. The van der Waals surface area contributed by atoms with E-state index < -0.39 is 42.9 Å². The molecule has 0 aliphatic carbocycles. The van der Waals surface area contributed by atoms with E-state index in [0.29, 0.717) is 18.6 Å². The van der Waals surface area contributed by atoms with Crippen molar-refractivity contribution in [3.05, 3.63) is 83.9 Å². The fourth-order valence-corrected chi connectivity index (χ4v) is 4.39. The van der Waals surface area contributed by atoms with Gasteiger partial charge in [0.1, 0.15) is 29.8 Å². The largest absolute Gasteiger partial charge is 0.493 e. The normalized spacial score (nSPS) is 13.5. The molecule has 3 aromatic rings. The minimum absolute atomic E-state index is 0.0550. The number of amides is 1. The maximum atomic E-state index is 13.5. The van der Waals surface area contributed by atoms with Crippen molar-refractivity contribution in [3.8, 4) is 17.2 Å². The lowest BCUT2D eigenvalue weighted by atomic mass is 9.89. The minimum atomic E-state index is -1.07. The van der Waals surface area contributed by atoms with Gasteiger partial charge in [0.05, 0.1) is 7.11 Å². The molecule has 1 aromatic heterocycles. The molecule has 4 atom stereocenters. The number of methoxy groups -OCH3 is 1. The molecule has 230 valence electrons. The smallest absolute Gasteiger partial charge is 0.328 e. The van der Waals surface area contributed by atoms with Crippen molar-refractivity contribution in [3.63, 3.8) is 0 Å². The number of aromatic nitrogens is 1. The van der Waals surface area contributed by atoms with Crippen LogP contribution < -0.4 is 19.5 Å². The monoisotopic (exact) mass is 596 g/mol. The first kappa shape index (κ1) is 32.8. The molecular formula is C32H37FN2O8. The number of nitrogens with one attached hydrogen (secondary N) is 1. The Morgan fingerprint density at radius 2 is 1.70 bits per heavy atom. The number of ether oxygens (including phenoxy) is 5. The first-order chi connectivity index (χ1) is 20.6. The standard InChI is InChI=1S/C32H37FN2O8/c1-6-24(18-23-12-14-25(33)15-13-23)29(43-26-10-8-7-9-11-26)21(3)42-32(38)20(2)35-31(37)28-30(41-19-40-22(4)36)27(39-5)16-17-34-28/h7-17,20-21,24,29H,6,18-19H2,1-5H3,(H,35,37)/t20-,21-,24+,29-/m0/s1. The molecule has 1 heterocycles. The van der Waals surface area contributed by atoms with Crippen LogP contribution in [0.3, 0.4) is 0 Å². The zero-order valence-corrected chi connectivity index (χ0v) is 24.9. The molecule has 1 N–H and O–H groups in total. The highest BCUT2D eigenvalue weighted by Crippen LogP contribution is 2.30. The van der Waals surface area contributed by atoms with E-state index in [1.807, 2.05) is 37.3 Å². The van der Waals surface area contributed by atoms with Crippen LogP contribution in [0.1, 0.15) is 50.2 Å². The topological polar surface area (TPSA) is 122 Å². The third kappa shape index (κ3) is 9.69. The molecule has 0 radical (unpaired) electrons. The lowest BCUT2D eigenvalue weighted by Gasteiger charge is -2.32. The highest BCUT2D eigenvalue weighted by Gasteiger charge is 2.33. The van der Waals surface area contributed by atoms with Gasteiger partial charge < -0.3 is 29.0 Å². The van der Waals surface area contributed by atoms with Crippen LogP contribution in [0.25, 0.3) is 0 Å². The maximum Gasteiger partial charge on any atom is 0.328 e. The van der Waals surface area contributed by atoms with Gasteiger partial charge in [0.25, 0.3) is 5.91 Å². The van der Waals surface area contributed by atoms with Gasteiger partial charge >= 0.3 is 11.9 Å². The SMILES string of the molecule is CC[C@H](Cc1ccc(F)cc1)[C@@H](Oc1ccccc1)[C@H](C)OC(=O)[C@H](C)NC(=O)c1nccc(OC)c1OCOC(C)=O. The summed E-state index contributed by atoms with van der Waals surface area (Å²) in [7, 11) is 1.38. The Kier molecular flexibility index (Phi) is 12.3. The van der Waals surface area contributed by atoms with Gasteiger partial charge in [-0.15, -0.1) is 0 Å². The van der Waals surface area contributed by atoms with Crippen LogP contribution in [0, 0.1) is 11.7 Å². The van der Waals surface area contributed by atoms with Gasteiger partial charge in [-0.25, -0.2) is 14.2 Å². The Labute approximate surface area is 250 Å². The van der Waals surface area contributed by atoms with Gasteiger partial charge in [-0.05, 0) is 56.5 Å². The number of carbonyl (C=O) groups excluding carboxylic acids is 3. The molecule has 0 bridgehead atoms. The molecule has 10 nitrogen and oxygen atoms in total. The molecule has 0 aliphatic rings. The predicted molar refractivity (Wildman–Crippen MR) is 155 cm³/mol. The zero-order chi connectivity index (χ0) is 31.4. The van der Waals surface area contributed by atoms with Gasteiger partial charge in [-0.3, -0.25) is 9.59 Å². The second-order valence-electron chi connectivity index (χ2n) is 9.82. The third-order valence-electron chi connectivity index (χ3n) is 6.65. The number of carbonyl (C=O) groups is 3. The predicted octanol–water partition coefficient (Wildman–Crippen LogP) is 4.90. The van der Waals surface area contributed by atoms with Crippen LogP contribution in [-0.2, 0) is 25.5 Å². The van der Waals surface area contributed by atoms with E-state index >= 15 is 0 Å². The second kappa shape index (κ2) is 16.1. The molecule has 43 heavy (non-hydrogen) atoms. The Hall–Kier alpha value is -4.67. The number of nitrogens with zero attached hydrogens (tertiary/aromatic N) is 1. The summed E-state index contributed by atoms with van der Waals surface area (Å²) in [6.07, 6.45) is 1.34. The summed E-state index contributed by atoms with van der Waals surface area (Å²) in [5.41, 5.74) is 0.751. The summed E-state index contributed by atoms with van der Waals surface area (Å²) < 4.78 is 41.1. The van der Waals surface area contributed by atoms with Gasteiger partial charge in [-0.1, -0.05) is 37.3 Å². The van der Waals surface area contributed by atoms with E-state index in [9.17, 15) is 18.8 Å². The average Bonchev–Trinajstić information content (AvgIpc) is 3.00. The first-order valence-electron chi connectivity index (χ1n) is 13.9. The van der Waals surface area contributed by atoms with Crippen LogP contribution in [0.5, 0.6) is 17.2 Å². The molecule has 0 aliphatic heterocycles. The molecule has 1 amide bonds. The Morgan fingerprint density at radius 1 is 1.00 bits per heavy atom. The number of hydrogen-bond donors (Lipinski definition) is 1. The van der Waals surface area contributed by atoms with Gasteiger partial charge in [0, 0.05) is 25.1 Å². The van der Waals surface area contributed by atoms with Crippen LogP contribution in [0.4, 0.5) is 4.39 Å². The summed E-state index contributed by atoms with van der Waals surface area (Å²) in [4.78, 5) is 41.5. The van der Waals surface area contributed by atoms with E-state index in [0.717, 1.165) is 5.56 Å². The van der Waals surface area contributed by atoms with E-state index in [-0.39, 0.29) is 28.9 Å². The average molecular weight is 597 g/mol. The van der Waals surface area contributed by atoms with Crippen LogP contribution in [0.2, 0.25) is 0 Å². The number of benzene rings is 2. The van der Waals surface area contributed by atoms with Gasteiger partial charge in [-0.2, -0.15) is 0 Å². The molecule has 0 saturated carbocycles. The number of hydrogen-bond acceptors (Lipinski definition) is 9. The van der Waals surface area contributed by atoms with E-state index in [4.69, 9.17) is 23.7 Å². The van der Waals surface area contributed by atoms with E-state index in [1.54, 1.807) is 19.1 Å². The third-order valence-corrected chi connectivity index (χ3v) is 6.65. The Bertz CT molecular complexity index is 1350. The number of pyridine rings is 1. The highest BCUT2D eigenvalue weighted by molar-refractivity contribution is 5.98. The number of esters is 2. The van der Waals surface area contributed by atoms with Crippen molar-refractivity contribution >= 4 is 17.8 Å². The molecule has 0 fully saturated rings. The Balaban J connectivity index is 1.74. The molecule has 0 unspecified atom stereocenters. The highest BCUT2D eigenvalue weighted by atomic mass is 19.1. The minimum Gasteiger partial charge on any atom is -0.493 e. The molecule has 0 saturated heterocycles. The van der Waals surface area contributed by atoms with Crippen molar-refractivity contribution in [2.75, 3.05) is 13.9 Å². The maximum absolute atomic E-state index is 13.5. The fourth-order valence-electron chi connectivity index (χ4n) is 4.39. The number of para-hydroxylation sites is 1. The lowest BCUT2D eigenvalue weighted by Crippen LogP contribution is -2.45. The van der Waals surface area contributed by atoms with Crippen LogP contribution in [-0.4, -0.2) is 55.0 Å². The van der Waals surface area contributed by atoms with Crippen molar-refractivity contribution in [1.82, 2.24) is 10.3 Å². The van der Waals surface area contributed by atoms with Crippen molar-refractivity contribution < 1.29 is 42.5 Å². The van der Waals surface area contributed by atoms with Crippen molar-refractivity contribution in [1.29, 1.82) is 0 Å². The van der Waals surface area contributed by atoms with Crippen LogP contribution >= 0.6 is 0 Å². The Morgan fingerprint density at radius 3 is 2.33 bits per heavy atom.